The first-order valence-electron chi connectivity index (χ1n) is 9.06. The van der Waals surface area contributed by atoms with Crippen LogP contribution in [0.2, 0.25) is 0 Å². The maximum absolute atomic E-state index is 13.6. The number of aromatic nitrogens is 1. The number of carbonyl (C=O) groups excluding carboxylic acids is 1. The first-order valence-corrected chi connectivity index (χ1v) is 9.88. The molecule has 1 N–H and O–H groups in total. The Morgan fingerprint density at radius 2 is 1.81 bits per heavy atom. The summed E-state index contributed by atoms with van der Waals surface area (Å²) in [6.45, 7) is 4.95. The summed E-state index contributed by atoms with van der Waals surface area (Å²) in [5.41, 5.74) is 1.15. The Morgan fingerprint density at radius 1 is 1.07 bits per heavy atom. The Balaban J connectivity index is 1.25. The quantitative estimate of drug-likeness (QED) is 0.735. The van der Waals surface area contributed by atoms with Gasteiger partial charge in [-0.05, 0) is 24.3 Å². The normalized spacial score (nSPS) is 15.2. The van der Waals surface area contributed by atoms with Crippen molar-refractivity contribution in [3.8, 4) is 0 Å². The number of nitrogens with zero attached hydrogens (tertiary/aromatic N) is 3. The highest BCUT2D eigenvalue weighted by Gasteiger charge is 2.20. The fraction of sp³-hybridized carbons (Fsp3) is 0.300. The third-order valence-electron chi connectivity index (χ3n) is 4.76. The average Bonchev–Trinajstić information content (AvgIpc) is 3.13. The van der Waals surface area contributed by atoms with Crippen molar-refractivity contribution >= 4 is 32.6 Å². The topological polar surface area (TPSA) is 48.5 Å². The molecule has 0 spiro atoms. The van der Waals surface area contributed by atoms with Crippen molar-refractivity contribution in [1.29, 1.82) is 0 Å². The maximum Gasteiger partial charge on any atom is 0.254 e. The summed E-state index contributed by atoms with van der Waals surface area (Å²) in [7, 11) is 0. The van der Waals surface area contributed by atoms with Gasteiger partial charge in [0, 0.05) is 39.3 Å². The van der Waals surface area contributed by atoms with E-state index >= 15 is 0 Å². The molecule has 2 heterocycles. The van der Waals surface area contributed by atoms with Crippen molar-refractivity contribution in [2.45, 2.75) is 0 Å². The fourth-order valence-electron chi connectivity index (χ4n) is 3.23. The number of carbonyl (C=O) groups is 1. The predicted molar refractivity (Wildman–Crippen MR) is 107 cm³/mol. The van der Waals surface area contributed by atoms with Crippen LogP contribution in [0, 0.1) is 5.82 Å². The number of hydrogen-bond acceptors (Lipinski definition) is 5. The Labute approximate surface area is 161 Å². The van der Waals surface area contributed by atoms with Crippen molar-refractivity contribution in [2.75, 3.05) is 44.2 Å². The third kappa shape index (κ3) is 4.09. The number of nitrogens with one attached hydrogen (secondary N) is 1. The van der Waals surface area contributed by atoms with Crippen LogP contribution >= 0.6 is 11.3 Å². The lowest BCUT2D eigenvalue weighted by molar-refractivity contribution is 0.0944. The minimum absolute atomic E-state index is 0.0955. The number of thiazole rings is 1. The zero-order chi connectivity index (χ0) is 18.6. The van der Waals surface area contributed by atoms with E-state index in [1.54, 1.807) is 23.5 Å². The Hall–Kier alpha value is -2.51. The van der Waals surface area contributed by atoms with Crippen LogP contribution in [0.5, 0.6) is 0 Å². The van der Waals surface area contributed by atoms with Gasteiger partial charge in [0.2, 0.25) is 0 Å². The van der Waals surface area contributed by atoms with Gasteiger partial charge < -0.3 is 10.2 Å². The highest BCUT2D eigenvalue weighted by molar-refractivity contribution is 7.22. The van der Waals surface area contributed by atoms with E-state index in [1.807, 2.05) is 18.2 Å². The van der Waals surface area contributed by atoms with Crippen LogP contribution in [0.4, 0.5) is 9.52 Å². The maximum atomic E-state index is 13.6. The monoisotopic (exact) mass is 384 g/mol. The Kier molecular flexibility index (Phi) is 5.31. The van der Waals surface area contributed by atoms with Crippen LogP contribution in [0.1, 0.15) is 10.4 Å². The van der Waals surface area contributed by atoms with Gasteiger partial charge in [-0.1, -0.05) is 35.6 Å². The minimum atomic E-state index is -0.487. The van der Waals surface area contributed by atoms with Crippen LogP contribution in [0.15, 0.2) is 48.5 Å². The lowest BCUT2D eigenvalue weighted by Gasteiger charge is -2.34. The predicted octanol–water partition coefficient (Wildman–Crippen LogP) is 2.99. The van der Waals surface area contributed by atoms with E-state index in [4.69, 9.17) is 4.98 Å². The second-order valence-corrected chi connectivity index (χ2v) is 7.54. The Bertz CT molecular complexity index is 903. The molecular formula is C20H21FN4OS. The summed E-state index contributed by atoms with van der Waals surface area (Å²) in [5.74, 6) is -0.847. The van der Waals surface area contributed by atoms with Gasteiger partial charge in [0.1, 0.15) is 5.82 Å². The molecular weight excluding hydrogens is 363 g/mol. The van der Waals surface area contributed by atoms with E-state index in [-0.39, 0.29) is 11.5 Å². The lowest BCUT2D eigenvalue weighted by Crippen LogP contribution is -2.48. The smallest absolute Gasteiger partial charge is 0.254 e. The number of hydrogen-bond donors (Lipinski definition) is 1. The number of fused-ring (bicyclic) bond motifs is 1. The molecule has 1 amide bonds. The molecule has 0 radical (unpaired) electrons. The number of rotatable bonds is 5. The highest BCUT2D eigenvalue weighted by Crippen LogP contribution is 2.29. The first kappa shape index (κ1) is 17.9. The number of piperazine rings is 1. The SMILES string of the molecule is O=C(NCCN1CCN(c2nc3ccccc3s2)CC1)c1ccccc1F. The van der Waals surface area contributed by atoms with Gasteiger partial charge in [0.25, 0.3) is 5.91 Å². The molecule has 5 nitrogen and oxygen atoms in total. The molecule has 140 valence electrons. The van der Waals surface area contributed by atoms with E-state index in [9.17, 15) is 9.18 Å². The number of amides is 1. The molecule has 0 atom stereocenters. The zero-order valence-corrected chi connectivity index (χ0v) is 15.7. The molecule has 1 saturated heterocycles. The molecule has 3 aromatic rings. The third-order valence-corrected chi connectivity index (χ3v) is 5.85. The molecule has 0 unspecified atom stereocenters. The number of anilines is 1. The molecule has 0 bridgehead atoms. The van der Waals surface area contributed by atoms with Gasteiger partial charge in [-0.15, -0.1) is 0 Å². The lowest BCUT2D eigenvalue weighted by atomic mass is 10.2. The first-order chi connectivity index (χ1) is 13.2. The van der Waals surface area contributed by atoms with Crippen molar-refractivity contribution in [3.63, 3.8) is 0 Å². The molecule has 27 heavy (non-hydrogen) atoms. The van der Waals surface area contributed by atoms with Gasteiger partial charge in [-0.2, -0.15) is 0 Å². The summed E-state index contributed by atoms with van der Waals surface area (Å²) < 4.78 is 14.8. The Morgan fingerprint density at radius 3 is 2.59 bits per heavy atom. The van der Waals surface area contributed by atoms with E-state index < -0.39 is 5.82 Å². The standard InChI is InChI=1S/C20H21FN4OS/c21-16-6-2-1-5-15(16)19(26)22-9-10-24-11-13-25(14-12-24)20-23-17-7-3-4-8-18(17)27-20/h1-8H,9-14H2,(H,22,26). The summed E-state index contributed by atoms with van der Waals surface area (Å²) in [4.78, 5) is 21.4. The fourth-order valence-corrected chi connectivity index (χ4v) is 4.24. The van der Waals surface area contributed by atoms with Crippen LogP contribution in [0.3, 0.4) is 0 Å². The van der Waals surface area contributed by atoms with E-state index in [0.29, 0.717) is 6.54 Å². The molecule has 1 aromatic heterocycles. The second kappa shape index (κ2) is 8.02. The molecule has 0 saturated carbocycles. The molecule has 1 aliphatic heterocycles. The molecule has 1 aliphatic rings. The van der Waals surface area contributed by atoms with Gasteiger partial charge in [0.05, 0.1) is 15.8 Å². The van der Waals surface area contributed by atoms with Crippen molar-refractivity contribution in [3.05, 3.63) is 59.9 Å². The summed E-state index contributed by atoms with van der Waals surface area (Å²) >= 11 is 1.73. The highest BCUT2D eigenvalue weighted by atomic mass is 32.1. The van der Waals surface area contributed by atoms with E-state index in [2.05, 4.69) is 21.2 Å². The molecule has 7 heteroatoms. The van der Waals surface area contributed by atoms with Crippen LogP contribution in [0.25, 0.3) is 10.2 Å². The van der Waals surface area contributed by atoms with Gasteiger partial charge in [-0.3, -0.25) is 9.69 Å². The molecule has 0 aliphatic carbocycles. The van der Waals surface area contributed by atoms with Crippen molar-refractivity contribution in [1.82, 2.24) is 15.2 Å². The summed E-state index contributed by atoms with van der Waals surface area (Å²) in [6.07, 6.45) is 0. The summed E-state index contributed by atoms with van der Waals surface area (Å²) in [5, 5.41) is 3.88. The van der Waals surface area contributed by atoms with Crippen molar-refractivity contribution < 1.29 is 9.18 Å². The number of para-hydroxylation sites is 1. The molecule has 1 fully saturated rings. The zero-order valence-electron chi connectivity index (χ0n) is 14.9. The van der Waals surface area contributed by atoms with Crippen LogP contribution < -0.4 is 10.2 Å². The largest absolute Gasteiger partial charge is 0.351 e. The summed E-state index contributed by atoms with van der Waals surface area (Å²) in [6, 6.07) is 14.2. The number of halogens is 1. The van der Waals surface area contributed by atoms with Gasteiger partial charge in [-0.25, -0.2) is 9.37 Å². The van der Waals surface area contributed by atoms with E-state index in [0.717, 1.165) is 43.4 Å². The van der Waals surface area contributed by atoms with Gasteiger partial charge >= 0.3 is 0 Å². The van der Waals surface area contributed by atoms with Gasteiger partial charge in [0.15, 0.2) is 5.13 Å². The molecule has 2 aromatic carbocycles. The second-order valence-electron chi connectivity index (χ2n) is 6.53. The van der Waals surface area contributed by atoms with Crippen molar-refractivity contribution in [2.24, 2.45) is 0 Å². The number of benzene rings is 2. The molecule has 4 rings (SSSR count). The van der Waals surface area contributed by atoms with Crippen LogP contribution in [-0.4, -0.2) is 55.1 Å². The van der Waals surface area contributed by atoms with Crippen LogP contribution in [-0.2, 0) is 0 Å². The minimum Gasteiger partial charge on any atom is -0.351 e. The average molecular weight is 384 g/mol. The van der Waals surface area contributed by atoms with E-state index in [1.165, 1.54) is 16.8 Å².